The van der Waals surface area contributed by atoms with Crippen LogP contribution in [0.25, 0.3) is 6.08 Å². The van der Waals surface area contributed by atoms with Crippen LogP contribution in [0.3, 0.4) is 0 Å². The van der Waals surface area contributed by atoms with Gasteiger partial charge in [-0.3, -0.25) is 4.89 Å². The van der Waals surface area contributed by atoms with Crippen molar-refractivity contribution in [2.75, 3.05) is 6.61 Å². The Labute approximate surface area is 89.2 Å². The van der Waals surface area contributed by atoms with Crippen molar-refractivity contribution in [3.05, 3.63) is 42.0 Å². The van der Waals surface area contributed by atoms with E-state index in [1.165, 1.54) is 6.08 Å². The van der Waals surface area contributed by atoms with Gasteiger partial charge in [-0.1, -0.05) is 37.3 Å². The number of hydrogen-bond acceptors (Lipinski definition) is 3. The van der Waals surface area contributed by atoms with Crippen LogP contribution < -0.4 is 0 Å². The fourth-order valence-electron chi connectivity index (χ4n) is 0.939. The summed E-state index contributed by atoms with van der Waals surface area (Å²) >= 11 is 0. The molecule has 0 heterocycles. The van der Waals surface area contributed by atoms with Crippen molar-refractivity contribution in [2.45, 2.75) is 13.3 Å². The van der Waals surface area contributed by atoms with Gasteiger partial charge in [0.2, 0.25) is 0 Å². The highest BCUT2D eigenvalue weighted by Crippen LogP contribution is 2.01. The zero-order valence-electron chi connectivity index (χ0n) is 8.68. The van der Waals surface area contributed by atoms with Gasteiger partial charge in [0.1, 0.15) is 0 Å². The highest BCUT2D eigenvalue weighted by atomic mass is 17.2. The first-order chi connectivity index (χ1) is 7.33. The van der Waals surface area contributed by atoms with Gasteiger partial charge in [-0.2, -0.15) is 4.89 Å². The summed E-state index contributed by atoms with van der Waals surface area (Å²) in [5, 5.41) is 0. The van der Waals surface area contributed by atoms with Crippen LogP contribution in [0.4, 0.5) is 0 Å². The van der Waals surface area contributed by atoms with Crippen LogP contribution >= 0.6 is 0 Å². The summed E-state index contributed by atoms with van der Waals surface area (Å²) in [4.78, 5) is 20.2. The van der Waals surface area contributed by atoms with Crippen LogP contribution in [0.15, 0.2) is 36.4 Å². The van der Waals surface area contributed by atoms with Gasteiger partial charge in [0.05, 0.1) is 6.61 Å². The van der Waals surface area contributed by atoms with Gasteiger partial charge in [-0.05, 0) is 18.1 Å². The van der Waals surface area contributed by atoms with E-state index in [4.69, 9.17) is 0 Å². The normalized spacial score (nSPS) is 10.5. The zero-order valence-corrected chi connectivity index (χ0v) is 8.68. The van der Waals surface area contributed by atoms with Crippen molar-refractivity contribution >= 4 is 12.0 Å². The Morgan fingerprint density at radius 2 is 2.07 bits per heavy atom. The monoisotopic (exact) mass is 206 g/mol. The predicted octanol–water partition coefficient (Wildman–Crippen LogP) is 2.58. The Bertz CT molecular complexity index is 317. The molecule has 0 amide bonds. The molecule has 1 aromatic rings. The Morgan fingerprint density at radius 3 is 2.73 bits per heavy atom. The molecular formula is C12H14O3. The lowest BCUT2D eigenvalue weighted by atomic mass is 10.2. The van der Waals surface area contributed by atoms with Crippen LogP contribution in [-0.4, -0.2) is 12.6 Å². The van der Waals surface area contributed by atoms with Crippen molar-refractivity contribution in [1.82, 2.24) is 0 Å². The SMILES string of the molecule is CCCOOC(=O)C=Cc1ccccc1. The molecule has 0 spiro atoms. The first-order valence-electron chi connectivity index (χ1n) is 4.89. The molecule has 0 fully saturated rings. The quantitative estimate of drug-likeness (QED) is 0.321. The summed E-state index contributed by atoms with van der Waals surface area (Å²) in [6, 6.07) is 9.52. The van der Waals surface area contributed by atoms with Crippen LogP contribution in [0.1, 0.15) is 18.9 Å². The standard InChI is InChI=1S/C12H14O3/c1-2-10-14-15-12(13)9-8-11-6-4-3-5-7-11/h3-9H,2,10H2,1H3. The second-order valence-electron chi connectivity index (χ2n) is 2.97. The van der Waals surface area contributed by atoms with Gasteiger partial charge in [-0.25, -0.2) is 4.79 Å². The Balaban J connectivity index is 2.34. The maximum atomic E-state index is 11.1. The van der Waals surface area contributed by atoms with Crippen LogP contribution in [0, 0.1) is 0 Å². The summed E-state index contributed by atoms with van der Waals surface area (Å²) in [5.74, 6) is -0.493. The summed E-state index contributed by atoms with van der Waals surface area (Å²) < 4.78 is 0. The molecule has 0 aliphatic rings. The lowest BCUT2D eigenvalue weighted by Crippen LogP contribution is -2.02. The van der Waals surface area contributed by atoms with Crippen molar-refractivity contribution in [2.24, 2.45) is 0 Å². The molecule has 0 aliphatic heterocycles. The molecule has 3 nitrogen and oxygen atoms in total. The maximum absolute atomic E-state index is 11.1. The average Bonchev–Trinajstić information content (AvgIpc) is 2.28. The minimum Gasteiger partial charge on any atom is -0.294 e. The number of rotatable bonds is 5. The predicted molar refractivity (Wildman–Crippen MR) is 57.8 cm³/mol. The number of carbonyl (C=O) groups is 1. The lowest BCUT2D eigenvalue weighted by Gasteiger charge is -1.97. The Morgan fingerprint density at radius 1 is 1.33 bits per heavy atom. The van der Waals surface area contributed by atoms with Crippen molar-refractivity contribution < 1.29 is 14.6 Å². The smallest absolute Gasteiger partial charge is 0.294 e. The number of hydrogen-bond donors (Lipinski definition) is 0. The molecule has 0 N–H and O–H groups in total. The molecule has 3 heteroatoms. The van der Waals surface area contributed by atoms with Crippen molar-refractivity contribution in [3.63, 3.8) is 0 Å². The molecule has 1 aromatic carbocycles. The van der Waals surface area contributed by atoms with Gasteiger partial charge in [0.25, 0.3) is 0 Å². The lowest BCUT2D eigenvalue weighted by molar-refractivity contribution is -0.267. The van der Waals surface area contributed by atoms with E-state index in [1.54, 1.807) is 6.08 Å². The fraction of sp³-hybridized carbons (Fsp3) is 0.250. The summed E-state index contributed by atoms with van der Waals surface area (Å²) in [6.45, 7) is 2.36. The van der Waals surface area contributed by atoms with Crippen molar-refractivity contribution in [1.29, 1.82) is 0 Å². The highest BCUT2D eigenvalue weighted by Gasteiger charge is 1.96. The summed E-state index contributed by atoms with van der Waals surface area (Å²) in [5.41, 5.74) is 0.949. The van der Waals surface area contributed by atoms with E-state index >= 15 is 0 Å². The molecule has 1 rings (SSSR count). The Hall–Kier alpha value is -1.61. The number of benzene rings is 1. The van der Waals surface area contributed by atoms with Gasteiger partial charge < -0.3 is 0 Å². The molecule has 0 aromatic heterocycles. The minimum absolute atomic E-state index is 0.422. The summed E-state index contributed by atoms with van der Waals surface area (Å²) in [7, 11) is 0. The first kappa shape index (κ1) is 11.5. The molecule has 0 unspecified atom stereocenters. The van der Waals surface area contributed by atoms with Gasteiger partial charge in [0, 0.05) is 6.08 Å². The van der Waals surface area contributed by atoms with E-state index in [0.29, 0.717) is 6.61 Å². The van der Waals surface area contributed by atoms with E-state index in [0.717, 1.165) is 12.0 Å². The largest absolute Gasteiger partial charge is 0.365 e. The van der Waals surface area contributed by atoms with E-state index < -0.39 is 5.97 Å². The van der Waals surface area contributed by atoms with Gasteiger partial charge in [0.15, 0.2) is 0 Å². The average molecular weight is 206 g/mol. The second kappa shape index (κ2) is 6.79. The van der Waals surface area contributed by atoms with Crippen LogP contribution in [-0.2, 0) is 14.6 Å². The molecule has 0 bridgehead atoms. The van der Waals surface area contributed by atoms with E-state index in [9.17, 15) is 4.79 Å². The molecule has 0 saturated carbocycles. The van der Waals surface area contributed by atoms with E-state index in [2.05, 4.69) is 9.78 Å². The van der Waals surface area contributed by atoms with Crippen molar-refractivity contribution in [3.8, 4) is 0 Å². The minimum atomic E-state index is -0.493. The molecule has 15 heavy (non-hydrogen) atoms. The molecule has 80 valence electrons. The highest BCUT2D eigenvalue weighted by molar-refractivity contribution is 5.86. The molecule has 0 atom stereocenters. The molecular weight excluding hydrogens is 192 g/mol. The topological polar surface area (TPSA) is 35.5 Å². The third-order valence-corrected chi connectivity index (χ3v) is 1.64. The first-order valence-corrected chi connectivity index (χ1v) is 4.89. The summed E-state index contributed by atoms with van der Waals surface area (Å²) in [6.07, 6.45) is 3.83. The van der Waals surface area contributed by atoms with Gasteiger partial charge in [-0.15, -0.1) is 0 Å². The van der Waals surface area contributed by atoms with Crippen LogP contribution in [0.2, 0.25) is 0 Å². The van der Waals surface area contributed by atoms with E-state index in [-0.39, 0.29) is 0 Å². The fourth-order valence-corrected chi connectivity index (χ4v) is 0.939. The van der Waals surface area contributed by atoms with Crippen LogP contribution in [0.5, 0.6) is 0 Å². The van der Waals surface area contributed by atoms with Gasteiger partial charge >= 0.3 is 5.97 Å². The molecule has 0 aliphatic carbocycles. The molecule has 0 saturated heterocycles. The Kier molecular flexibility index (Phi) is 5.19. The van der Waals surface area contributed by atoms with E-state index in [1.807, 2.05) is 37.3 Å². The molecule has 0 radical (unpaired) electrons. The second-order valence-corrected chi connectivity index (χ2v) is 2.97. The third-order valence-electron chi connectivity index (χ3n) is 1.64. The third kappa shape index (κ3) is 4.98. The zero-order chi connectivity index (χ0) is 10.9. The maximum Gasteiger partial charge on any atom is 0.365 e. The number of carbonyl (C=O) groups excluding carboxylic acids is 1.